The summed E-state index contributed by atoms with van der Waals surface area (Å²) < 4.78 is 11.5. The highest BCUT2D eigenvalue weighted by atomic mass is 35.5. The summed E-state index contributed by atoms with van der Waals surface area (Å²) in [4.78, 5) is 12.4. The fraction of sp³-hybridized carbons (Fsp3) is 0.227. The van der Waals surface area contributed by atoms with E-state index in [4.69, 9.17) is 20.8 Å². The summed E-state index contributed by atoms with van der Waals surface area (Å²) in [6, 6.07) is 18.4. The van der Waals surface area contributed by atoms with Gasteiger partial charge >= 0.3 is 0 Å². The lowest BCUT2D eigenvalue weighted by Gasteiger charge is -2.08. The van der Waals surface area contributed by atoms with Gasteiger partial charge in [-0.05, 0) is 61.0 Å². The number of carbonyl (C=O) groups excluding carboxylic acids is 1. The largest absolute Gasteiger partial charge is 0.494 e. The van der Waals surface area contributed by atoms with Crippen LogP contribution in [-0.4, -0.2) is 12.5 Å². The van der Waals surface area contributed by atoms with E-state index in [1.807, 2.05) is 48.5 Å². The zero-order valence-corrected chi connectivity index (χ0v) is 16.0. The van der Waals surface area contributed by atoms with Gasteiger partial charge < -0.3 is 14.5 Å². The van der Waals surface area contributed by atoms with Crippen LogP contribution >= 0.6 is 11.6 Å². The van der Waals surface area contributed by atoms with Crippen molar-refractivity contribution in [3.8, 4) is 17.1 Å². The standard InChI is InChI=1S/C22H22ClNO3/c1-2-3-13-26-19-6-4-5-17(14-19)22(25)24-15-20-11-12-21(27-20)16-7-9-18(23)10-8-16/h4-12,14H,2-3,13,15H2,1H3,(H,24,25). The average Bonchev–Trinajstić information content (AvgIpc) is 3.16. The predicted octanol–water partition coefficient (Wildman–Crippen LogP) is 5.71. The molecular weight excluding hydrogens is 362 g/mol. The normalized spacial score (nSPS) is 10.6. The van der Waals surface area contributed by atoms with E-state index in [1.54, 1.807) is 12.1 Å². The van der Waals surface area contributed by atoms with Crippen LogP contribution < -0.4 is 10.1 Å². The maximum atomic E-state index is 12.4. The molecule has 0 radical (unpaired) electrons. The molecule has 0 aliphatic heterocycles. The van der Waals surface area contributed by atoms with Gasteiger partial charge in [0.15, 0.2) is 0 Å². The molecule has 0 saturated carbocycles. The molecule has 0 fully saturated rings. The van der Waals surface area contributed by atoms with E-state index < -0.39 is 0 Å². The number of hydrogen-bond acceptors (Lipinski definition) is 3. The van der Waals surface area contributed by atoms with Gasteiger partial charge in [0.2, 0.25) is 0 Å². The Hall–Kier alpha value is -2.72. The van der Waals surface area contributed by atoms with Crippen LogP contribution in [0.1, 0.15) is 35.9 Å². The van der Waals surface area contributed by atoms with Gasteiger partial charge in [0, 0.05) is 16.1 Å². The van der Waals surface area contributed by atoms with Crippen molar-refractivity contribution < 1.29 is 13.9 Å². The minimum Gasteiger partial charge on any atom is -0.494 e. The third-order valence-electron chi connectivity index (χ3n) is 4.08. The number of benzene rings is 2. The quantitative estimate of drug-likeness (QED) is 0.507. The summed E-state index contributed by atoms with van der Waals surface area (Å²) in [7, 11) is 0. The highest BCUT2D eigenvalue weighted by molar-refractivity contribution is 6.30. The number of carbonyl (C=O) groups is 1. The molecule has 2 aromatic carbocycles. The summed E-state index contributed by atoms with van der Waals surface area (Å²) >= 11 is 5.91. The number of amides is 1. The Morgan fingerprint density at radius 1 is 1.11 bits per heavy atom. The van der Waals surface area contributed by atoms with Crippen LogP contribution in [0.4, 0.5) is 0 Å². The van der Waals surface area contributed by atoms with E-state index in [0.29, 0.717) is 35.2 Å². The summed E-state index contributed by atoms with van der Waals surface area (Å²) in [6.45, 7) is 3.08. The maximum absolute atomic E-state index is 12.4. The van der Waals surface area contributed by atoms with E-state index in [0.717, 1.165) is 24.2 Å². The highest BCUT2D eigenvalue weighted by Gasteiger charge is 2.09. The number of hydrogen-bond donors (Lipinski definition) is 1. The lowest BCUT2D eigenvalue weighted by atomic mass is 10.2. The Balaban J connectivity index is 1.58. The van der Waals surface area contributed by atoms with Crippen LogP contribution in [0.5, 0.6) is 5.75 Å². The van der Waals surface area contributed by atoms with Gasteiger partial charge in [0.05, 0.1) is 13.2 Å². The molecule has 0 bridgehead atoms. The van der Waals surface area contributed by atoms with Crippen molar-refractivity contribution in [1.29, 1.82) is 0 Å². The maximum Gasteiger partial charge on any atom is 0.251 e. The van der Waals surface area contributed by atoms with Crippen molar-refractivity contribution in [1.82, 2.24) is 5.32 Å². The Labute approximate surface area is 164 Å². The Morgan fingerprint density at radius 3 is 2.70 bits per heavy atom. The molecule has 1 aromatic heterocycles. The van der Waals surface area contributed by atoms with Crippen LogP contribution in [0.15, 0.2) is 65.1 Å². The summed E-state index contributed by atoms with van der Waals surface area (Å²) in [6.07, 6.45) is 2.06. The van der Waals surface area contributed by atoms with Crippen LogP contribution in [0.2, 0.25) is 5.02 Å². The van der Waals surface area contributed by atoms with Crippen molar-refractivity contribution in [2.75, 3.05) is 6.61 Å². The summed E-state index contributed by atoms with van der Waals surface area (Å²) in [5.41, 5.74) is 1.50. The van der Waals surface area contributed by atoms with Gasteiger partial charge in [0.25, 0.3) is 5.91 Å². The molecule has 3 rings (SSSR count). The first-order valence-electron chi connectivity index (χ1n) is 9.01. The molecule has 0 aliphatic rings. The minimum absolute atomic E-state index is 0.166. The van der Waals surface area contributed by atoms with Gasteiger partial charge in [-0.15, -0.1) is 0 Å². The van der Waals surface area contributed by atoms with Crippen LogP contribution in [-0.2, 0) is 6.54 Å². The number of rotatable bonds is 8. The predicted molar refractivity (Wildman–Crippen MR) is 107 cm³/mol. The molecule has 4 nitrogen and oxygen atoms in total. The molecule has 0 saturated heterocycles. The Morgan fingerprint density at radius 2 is 1.93 bits per heavy atom. The molecule has 140 valence electrons. The second kappa shape index (κ2) is 9.28. The van der Waals surface area contributed by atoms with Crippen LogP contribution in [0.25, 0.3) is 11.3 Å². The first-order chi connectivity index (χ1) is 13.2. The fourth-order valence-electron chi connectivity index (χ4n) is 2.57. The minimum atomic E-state index is -0.166. The summed E-state index contributed by atoms with van der Waals surface area (Å²) in [5.74, 6) is 1.96. The fourth-order valence-corrected chi connectivity index (χ4v) is 2.70. The van der Waals surface area contributed by atoms with Crippen molar-refractivity contribution in [3.63, 3.8) is 0 Å². The summed E-state index contributed by atoms with van der Waals surface area (Å²) in [5, 5.41) is 3.55. The molecule has 0 unspecified atom stereocenters. The van der Waals surface area contributed by atoms with Gasteiger partial charge in [-0.25, -0.2) is 0 Å². The van der Waals surface area contributed by atoms with E-state index in [1.165, 1.54) is 0 Å². The van der Waals surface area contributed by atoms with Crippen molar-refractivity contribution >= 4 is 17.5 Å². The lowest BCUT2D eigenvalue weighted by molar-refractivity contribution is 0.0947. The van der Waals surface area contributed by atoms with Crippen LogP contribution in [0, 0.1) is 0 Å². The Kier molecular flexibility index (Phi) is 6.55. The van der Waals surface area contributed by atoms with Gasteiger partial charge in [-0.3, -0.25) is 4.79 Å². The molecule has 0 aliphatic carbocycles. The number of furan rings is 1. The molecule has 5 heteroatoms. The molecule has 1 amide bonds. The van der Waals surface area contributed by atoms with E-state index >= 15 is 0 Å². The topological polar surface area (TPSA) is 51.5 Å². The molecule has 0 atom stereocenters. The van der Waals surface area contributed by atoms with Crippen molar-refractivity contribution in [2.45, 2.75) is 26.3 Å². The third kappa shape index (κ3) is 5.38. The molecular formula is C22H22ClNO3. The number of ether oxygens (including phenoxy) is 1. The van der Waals surface area contributed by atoms with Crippen molar-refractivity contribution in [2.24, 2.45) is 0 Å². The number of nitrogens with one attached hydrogen (secondary N) is 1. The van der Waals surface area contributed by atoms with Crippen LogP contribution in [0.3, 0.4) is 0 Å². The molecule has 3 aromatic rings. The van der Waals surface area contributed by atoms with Gasteiger partial charge in [-0.2, -0.15) is 0 Å². The SMILES string of the molecule is CCCCOc1cccc(C(=O)NCc2ccc(-c3ccc(Cl)cc3)o2)c1. The van der Waals surface area contributed by atoms with Crippen molar-refractivity contribution in [3.05, 3.63) is 77.0 Å². The molecule has 1 N–H and O–H groups in total. The smallest absolute Gasteiger partial charge is 0.251 e. The number of halogens is 1. The highest BCUT2D eigenvalue weighted by Crippen LogP contribution is 2.24. The zero-order valence-electron chi connectivity index (χ0n) is 15.2. The van der Waals surface area contributed by atoms with E-state index in [2.05, 4.69) is 12.2 Å². The second-order valence-electron chi connectivity index (χ2n) is 6.19. The van der Waals surface area contributed by atoms with E-state index in [-0.39, 0.29) is 5.91 Å². The molecule has 0 spiro atoms. The first-order valence-corrected chi connectivity index (χ1v) is 9.39. The zero-order chi connectivity index (χ0) is 19.1. The molecule has 27 heavy (non-hydrogen) atoms. The second-order valence-corrected chi connectivity index (χ2v) is 6.62. The number of unbranched alkanes of at least 4 members (excludes halogenated alkanes) is 1. The van der Waals surface area contributed by atoms with Gasteiger partial charge in [-0.1, -0.05) is 31.0 Å². The van der Waals surface area contributed by atoms with E-state index in [9.17, 15) is 4.79 Å². The third-order valence-corrected chi connectivity index (χ3v) is 4.33. The van der Waals surface area contributed by atoms with Gasteiger partial charge in [0.1, 0.15) is 17.3 Å². The monoisotopic (exact) mass is 383 g/mol. The Bertz CT molecular complexity index is 887. The first kappa shape index (κ1) is 19.1. The molecule has 1 heterocycles. The lowest BCUT2D eigenvalue weighted by Crippen LogP contribution is -2.22. The average molecular weight is 384 g/mol.